The van der Waals surface area contributed by atoms with Gasteiger partial charge < -0.3 is 16.4 Å². The summed E-state index contributed by atoms with van der Waals surface area (Å²) >= 11 is 0. The highest BCUT2D eigenvalue weighted by Gasteiger charge is 2.32. The van der Waals surface area contributed by atoms with Crippen LogP contribution in [0.2, 0.25) is 0 Å². The van der Waals surface area contributed by atoms with E-state index in [1.165, 1.54) is 23.2 Å². The molecular weight excluding hydrogens is 383 g/mol. The fourth-order valence-electron chi connectivity index (χ4n) is 3.28. The van der Waals surface area contributed by atoms with Crippen LogP contribution in [0, 0.1) is 5.82 Å². The van der Waals surface area contributed by atoms with Crippen LogP contribution in [0.1, 0.15) is 22.1 Å². The average Bonchev–Trinajstić information content (AvgIpc) is 2.75. The number of rotatable bonds is 4. The number of nitrogens with zero attached hydrogens (tertiary/aromatic N) is 1. The second kappa shape index (κ2) is 8.08. The number of nitrogen functional groups attached to an aromatic ring is 1. The first-order valence-electron chi connectivity index (χ1n) is 9.31. The average molecular weight is 402 g/mol. The Morgan fingerprint density at radius 2 is 1.73 bits per heavy atom. The largest absolute Gasteiger partial charge is 0.397 e. The number of nitrogens with one attached hydrogen (secondary N) is 2. The number of benzene rings is 3. The first kappa shape index (κ1) is 19.2. The first-order chi connectivity index (χ1) is 14.5. The van der Waals surface area contributed by atoms with Crippen molar-refractivity contribution in [1.82, 2.24) is 4.90 Å². The van der Waals surface area contributed by atoms with Crippen LogP contribution in [0.25, 0.3) is 0 Å². The van der Waals surface area contributed by atoms with Crippen LogP contribution in [-0.2, 0) is 4.79 Å². The number of hydrogen-bond acceptors (Lipinski definition) is 4. The van der Waals surface area contributed by atoms with Crippen molar-refractivity contribution in [3.63, 3.8) is 0 Å². The minimum Gasteiger partial charge on any atom is -0.397 e. The lowest BCUT2D eigenvalue weighted by atomic mass is 10.0. The molecule has 0 fully saturated rings. The van der Waals surface area contributed by atoms with Crippen molar-refractivity contribution in [2.24, 2.45) is 0 Å². The molecular formula is C23H19FN4O2. The van der Waals surface area contributed by atoms with Crippen LogP contribution in [-0.4, -0.2) is 16.7 Å². The summed E-state index contributed by atoms with van der Waals surface area (Å²) in [5.74, 6) is -1.27. The molecule has 1 unspecified atom stereocenters. The van der Waals surface area contributed by atoms with Gasteiger partial charge >= 0.3 is 0 Å². The van der Waals surface area contributed by atoms with E-state index in [4.69, 9.17) is 5.73 Å². The highest BCUT2D eigenvalue weighted by molar-refractivity contribution is 6.04. The van der Waals surface area contributed by atoms with Crippen LogP contribution in [0.5, 0.6) is 0 Å². The van der Waals surface area contributed by atoms with E-state index in [0.717, 1.165) is 0 Å². The number of hydrogen-bond donors (Lipinski definition) is 3. The molecule has 150 valence electrons. The number of carbonyl (C=O) groups is 2. The highest BCUT2D eigenvalue weighted by Crippen LogP contribution is 2.34. The quantitative estimate of drug-likeness (QED) is 0.452. The summed E-state index contributed by atoms with van der Waals surface area (Å²) in [6.45, 7) is 0. The van der Waals surface area contributed by atoms with E-state index >= 15 is 0 Å². The van der Waals surface area contributed by atoms with Crippen LogP contribution < -0.4 is 16.4 Å². The fourth-order valence-corrected chi connectivity index (χ4v) is 3.28. The number of fused-ring (bicyclic) bond motifs is 1. The topological polar surface area (TPSA) is 87.5 Å². The van der Waals surface area contributed by atoms with Crippen molar-refractivity contribution in [3.8, 4) is 0 Å². The zero-order valence-corrected chi connectivity index (χ0v) is 15.9. The van der Waals surface area contributed by atoms with Gasteiger partial charge in [-0.15, -0.1) is 0 Å². The molecule has 0 aliphatic carbocycles. The summed E-state index contributed by atoms with van der Waals surface area (Å²) in [6, 6.07) is 20.0. The summed E-state index contributed by atoms with van der Waals surface area (Å²) in [7, 11) is 0. The number of carbonyl (C=O) groups excluding carboxylic acids is 2. The number of halogens is 1. The van der Waals surface area contributed by atoms with Crippen molar-refractivity contribution in [2.75, 3.05) is 16.4 Å². The zero-order chi connectivity index (χ0) is 21.1. The van der Waals surface area contributed by atoms with Crippen molar-refractivity contribution >= 4 is 28.9 Å². The fraction of sp³-hybridized carbons (Fsp3) is 0.0435. The van der Waals surface area contributed by atoms with E-state index in [1.54, 1.807) is 66.7 Å². The molecule has 6 nitrogen and oxygen atoms in total. The minimum atomic E-state index is -0.806. The predicted molar refractivity (Wildman–Crippen MR) is 114 cm³/mol. The van der Waals surface area contributed by atoms with E-state index in [1.807, 2.05) is 0 Å². The van der Waals surface area contributed by atoms with Crippen LogP contribution in [0.15, 0.2) is 85.1 Å². The normalized spacial score (nSPS) is 15.6. The lowest BCUT2D eigenvalue weighted by Gasteiger charge is -2.36. The summed E-state index contributed by atoms with van der Waals surface area (Å²) < 4.78 is 14.5. The van der Waals surface area contributed by atoms with Crippen LogP contribution >= 0.6 is 0 Å². The van der Waals surface area contributed by atoms with Crippen LogP contribution in [0.4, 0.5) is 21.5 Å². The van der Waals surface area contributed by atoms with E-state index in [2.05, 4.69) is 10.6 Å². The molecule has 1 aliphatic heterocycles. The Morgan fingerprint density at radius 1 is 1.03 bits per heavy atom. The highest BCUT2D eigenvalue weighted by atomic mass is 19.1. The van der Waals surface area contributed by atoms with Crippen molar-refractivity contribution in [3.05, 3.63) is 102 Å². The van der Waals surface area contributed by atoms with Gasteiger partial charge in [0.2, 0.25) is 5.91 Å². The first-order valence-corrected chi connectivity index (χ1v) is 9.31. The van der Waals surface area contributed by atoms with Gasteiger partial charge in [-0.1, -0.05) is 42.5 Å². The van der Waals surface area contributed by atoms with Gasteiger partial charge in [0.1, 0.15) is 12.0 Å². The van der Waals surface area contributed by atoms with Gasteiger partial charge in [0, 0.05) is 23.5 Å². The van der Waals surface area contributed by atoms with Crippen molar-refractivity contribution in [1.29, 1.82) is 0 Å². The molecule has 7 heteroatoms. The molecule has 0 aromatic heterocycles. The predicted octanol–water partition coefficient (Wildman–Crippen LogP) is 4.13. The molecule has 2 amide bonds. The lowest BCUT2D eigenvalue weighted by Crippen LogP contribution is -2.40. The molecule has 0 radical (unpaired) electrons. The Balaban J connectivity index is 1.65. The molecule has 4 rings (SSSR count). The summed E-state index contributed by atoms with van der Waals surface area (Å²) in [5, 5.41) is 5.85. The number of amides is 2. The van der Waals surface area contributed by atoms with E-state index in [0.29, 0.717) is 22.6 Å². The number of nitrogens with two attached hydrogens (primary N) is 1. The smallest absolute Gasteiger partial charge is 0.261 e. The Morgan fingerprint density at radius 3 is 2.53 bits per heavy atom. The SMILES string of the molecule is Nc1ccccc1NC(=O)C=CN1C(=O)c2ccccc2NC1c1ccccc1F. The molecule has 1 heterocycles. The van der Waals surface area contributed by atoms with Gasteiger partial charge in [-0.25, -0.2) is 4.39 Å². The molecule has 0 spiro atoms. The molecule has 3 aromatic rings. The summed E-state index contributed by atoms with van der Waals surface area (Å²) in [5.41, 5.74) is 8.05. The summed E-state index contributed by atoms with van der Waals surface area (Å²) in [6.07, 6.45) is 1.75. The molecule has 30 heavy (non-hydrogen) atoms. The lowest BCUT2D eigenvalue weighted by molar-refractivity contribution is -0.112. The third-order valence-electron chi connectivity index (χ3n) is 4.77. The van der Waals surface area contributed by atoms with Crippen LogP contribution in [0.3, 0.4) is 0 Å². The Kier molecular flexibility index (Phi) is 5.17. The second-order valence-electron chi connectivity index (χ2n) is 6.72. The zero-order valence-electron chi connectivity index (χ0n) is 15.9. The monoisotopic (exact) mass is 402 g/mol. The Bertz CT molecular complexity index is 1150. The maximum atomic E-state index is 14.5. The Labute approximate surface area is 172 Å². The summed E-state index contributed by atoms with van der Waals surface area (Å²) in [4.78, 5) is 26.8. The van der Waals surface area contributed by atoms with Crippen molar-refractivity contribution < 1.29 is 14.0 Å². The molecule has 4 N–H and O–H groups in total. The molecule has 1 atom stereocenters. The van der Waals surface area contributed by atoms with Gasteiger partial charge in [0.25, 0.3) is 5.91 Å². The van der Waals surface area contributed by atoms with Crippen molar-refractivity contribution in [2.45, 2.75) is 6.17 Å². The maximum absolute atomic E-state index is 14.5. The van der Waals surface area contributed by atoms with E-state index in [9.17, 15) is 14.0 Å². The maximum Gasteiger partial charge on any atom is 0.261 e. The third-order valence-corrected chi connectivity index (χ3v) is 4.77. The van der Waals surface area contributed by atoms with Gasteiger partial charge in [-0.3, -0.25) is 14.5 Å². The molecule has 0 bridgehead atoms. The van der Waals surface area contributed by atoms with Gasteiger partial charge in [-0.2, -0.15) is 0 Å². The Hall–Kier alpha value is -4.13. The third kappa shape index (κ3) is 3.73. The minimum absolute atomic E-state index is 0.290. The van der Waals surface area contributed by atoms with E-state index in [-0.39, 0.29) is 11.5 Å². The molecule has 0 saturated heterocycles. The molecule has 3 aromatic carbocycles. The van der Waals surface area contributed by atoms with Gasteiger partial charge in [0.05, 0.1) is 16.9 Å². The van der Waals surface area contributed by atoms with E-state index < -0.39 is 17.9 Å². The molecule has 1 aliphatic rings. The van der Waals surface area contributed by atoms with Gasteiger partial charge in [-0.05, 0) is 30.3 Å². The standard InChI is InChI=1S/C23H19FN4O2/c24-17-9-3-1-7-15(17)22-27-19-11-5-2-8-16(19)23(30)28(22)14-13-21(29)26-20-12-6-4-10-18(20)25/h1-14,22,27H,25H2,(H,26,29). The second-order valence-corrected chi connectivity index (χ2v) is 6.72. The van der Waals surface area contributed by atoms with Gasteiger partial charge in [0.15, 0.2) is 0 Å². The molecule has 0 saturated carbocycles. The number of para-hydroxylation sites is 3. The number of anilines is 3.